The molecule has 1 atom stereocenters. The van der Waals surface area contributed by atoms with Gasteiger partial charge in [-0.3, -0.25) is 0 Å². The molecule has 1 N–H and O–H groups in total. The maximum atomic E-state index is 3.86. The van der Waals surface area contributed by atoms with Gasteiger partial charge in [0.1, 0.15) is 0 Å². The molecule has 1 aromatic rings. The Morgan fingerprint density at radius 3 is 2.58 bits per heavy atom. The van der Waals surface area contributed by atoms with E-state index in [4.69, 9.17) is 0 Å². The van der Waals surface area contributed by atoms with Crippen LogP contribution in [0.25, 0.3) is 0 Å². The monoisotopic (exact) mass is 370 g/mol. The molecule has 1 saturated carbocycles. The number of anilines is 1. The molecule has 2 aliphatic rings. The summed E-state index contributed by atoms with van der Waals surface area (Å²) in [6.45, 7) is 4.63. The van der Waals surface area contributed by atoms with Crippen LogP contribution in [-0.2, 0) is 0 Å². The smallest absolute Gasteiger partial charge is 0.0412 e. The van der Waals surface area contributed by atoms with Gasteiger partial charge in [0.25, 0.3) is 0 Å². The van der Waals surface area contributed by atoms with E-state index >= 15 is 0 Å². The molecular weight excluding hydrogens is 347 g/mol. The maximum absolute atomic E-state index is 3.86. The van der Waals surface area contributed by atoms with Crippen molar-refractivity contribution in [2.45, 2.75) is 50.6 Å². The summed E-state index contributed by atoms with van der Waals surface area (Å²) in [6, 6.07) is 9.68. The summed E-state index contributed by atoms with van der Waals surface area (Å²) in [4.78, 5) is 2.65. The van der Waals surface area contributed by atoms with Gasteiger partial charge >= 0.3 is 0 Å². The molecule has 1 spiro atoms. The van der Waals surface area contributed by atoms with Crippen molar-refractivity contribution in [2.75, 3.05) is 18.0 Å². The number of hydrogen-bond acceptors (Lipinski definition) is 2. The molecule has 3 rings (SSSR count). The molecule has 1 heterocycles. The van der Waals surface area contributed by atoms with Gasteiger partial charge in [0.15, 0.2) is 0 Å². The molecule has 104 valence electrons. The SMILES string of the molecule is CCC1CNC2(CCCC2)CN1c1ccc(I)cc1. The zero-order chi connectivity index (χ0) is 13.3. The lowest BCUT2D eigenvalue weighted by atomic mass is 9.91. The van der Waals surface area contributed by atoms with Gasteiger partial charge in [-0.25, -0.2) is 0 Å². The maximum Gasteiger partial charge on any atom is 0.0412 e. The Bertz CT molecular complexity index is 423. The third-order valence-electron chi connectivity index (χ3n) is 4.82. The van der Waals surface area contributed by atoms with Crippen LogP contribution in [-0.4, -0.2) is 24.7 Å². The Balaban J connectivity index is 1.84. The number of nitrogens with zero attached hydrogens (tertiary/aromatic N) is 1. The first kappa shape index (κ1) is 13.7. The van der Waals surface area contributed by atoms with E-state index in [1.807, 2.05) is 0 Å². The number of hydrogen-bond donors (Lipinski definition) is 1. The molecule has 1 aromatic carbocycles. The minimum Gasteiger partial charge on any atom is -0.365 e. The molecule has 0 bridgehead atoms. The first-order valence-electron chi connectivity index (χ1n) is 7.50. The summed E-state index contributed by atoms with van der Waals surface area (Å²) in [5, 5.41) is 3.86. The standard InChI is InChI=1S/C16H23IN2/c1-2-14-11-18-16(9-3-4-10-16)12-19(14)15-7-5-13(17)6-8-15/h5-8,14,18H,2-4,9-12H2,1H3. The largest absolute Gasteiger partial charge is 0.365 e. The summed E-state index contributed by atoms with van der Waals surface area (Å²) in [5.74, 6) is 0. The van der Waals surface area contributed by atoms with Crippen molar-refractivity contribution < 1.29 is 0 Å². The van der Waals surface area contributed by atoms with E-state index in [2.05, 4.69) is 64.0 Å². The van der Waals surface area contributed by atoms with E-state index in [9.17, 15) is 0 Å². The summed E-state index contributed by atoms with van der Waals surface area (Å²) in [6.07, 6.45) is 6.71. The van der Waals surface area contributed by atoms with Crippen LogP contribution in [0.1, 0.15) is 39.0 Å². The molecule has 0 aromatic heterocycles. The predicted octanol–water partition coefficient (Wildman–Crippen LogP) is 3.79. The number of benzene rings is 1. The second-order valence-corrected chi connectivity index (χ2v) is 7.28. The second kappa shape index (κ2) is 5.60. The summed E-state index contributed by atoms with van der Waals surface area (Å²) >= 11 is 2.38. The fraction of sp³-hybridized carbons (Fsp3) is 0.625. The van der Waals surface area contributed by atoms with Crippen LogP contribution in [0.2, 0.25) is 0 Å². The lowest BCUT2D eigenvalue weighted by Gasteiger charge is -2.47. The van der Waals surface area contributed by atoms with Crippen molar-refractivity contribution in [1.29, 1.82) is 0 Å². The van der Waals surface area contributed by atoms with Gasteiger partial charge in [-0.05, 0) is 66.1 Å². The topological polar surface area (TPSA) is 15.3 Å². The zero-order valence-corrected chi connectivity index (χ0v) is 13.8. The highest BCUT2D eigenvalue weighted by Crippen LogP contribution is 2.35. The minimum atomic E-state index is 0.397. The fourth-order valence-electron chi connectivity index (χ4n) is 3.64. The number of piperazine rings is 1. The Morgan fingerprint density at radius 1 is 1.26 bits per heavy atom. The van der Waals surface area contributed by atoms with Crippen molar-refractivity contribution in [2.24, 2.45) is 0 Å². The first-order chi connectivity index (χ1) is 9.22. The molecule has 1 unspecified atom stereocenters. The molecule has 1 saturated heterocycles. The van der Waals surface area contributed by atoms with E-state index in [1.54, 1.807) is 0 Å². The number of nitrogens with one attached hydrogen (secondary N) is 1. The average Bonchev–Trinajstić information content (AvgIpc) is 2.88. The van der Waals surface area contributed by atoms with Gasteiger partial charge in [-0.2, -0.15) is 0 Å². The second-order valence-electron chi connectivity index (χ2n) is 6.03. The molecule has 2 fully saturated rings. The van der Waals surface area contributed by atoms with Crippen LogP contribution in [0.5, 0.6) is 0 Å². The van der Waals surface area contributed by atoms with Crippen LogP contribution in [0.3, 0.4) is 0 Å². The first-order valence-corrected chi connectivity index (χ1v) is 8.57. The van der Waals surface area contributed by atoms with Crippen molar-refractivity contribution in [3.8, 4) is 0 Å². The van der Waals surface area contributed by atoms with E-state index in [0.717, 1.165) is 6.54 Å². The third kappa shape index (κ3) is 2.77. The van der Waals surface area contributed by atoms with Crippen LogP contribution in [0, 0.1) is 3.57 Å². The highest BCUT2D eigenvalue weighted by atomic mass is 127. The van der Waals surface area contributed by atoms with E-state index < -0.39 is 0 Å². The fourth-order valence-corrected chi connectivity index (χ4v) is 4.00. The van der Waals surface area contributed by atoms with Gasteiger partial charge in [0.2, 0.25) is 0 Å². The molecule has 19 heavy (non-hydrogen) atoms. The number of rotatable bonds is 2. The van der Waals surface area contributed by atoms with Crippen molar-refractivity contribution in [1.82, 2.24) is 5.32 Å². The quantitative estimate of drug-likeness (QED) is 0.797. The predicted molar refractivity (Wildman–Crippen MR) is 89.8 cm³/mol. The van der Waals surface area contributed by atoms with Crippen molar-refractivity contribution >= 4 is 28.3 Å². The van der Waals surface area contributed by atoms with Crippen LogP contribution in [0.15, 0.2) is 24.3 Å². The summed E-state index contributed by atoms with van der Waals surface area (Å²) in [7, 11) is 0. The Labute approximate surface area is 130 Å². The van der Waals surface area contributed by atoms with Gasteiger partial charge in [-0.1, -0.05) is 19.8 Å². The Kier molecular flexibility index (Phi) is 4.03. The average molecular weight is 370 g/mol. The Hall–Kier alpha value is -0.290. The lowest BCUT2D eigenvalue weighted by Crippen LogP contribution is -2.63. The molecule has 1 aliphatic carbocycles. The molecule has 1 aliphatic heterocycles. The molecule has 2 nitrogen and oxygen atoms in total. The molecule has 0 radical (unpaired) electrons. The normalized spacial score (nSPS) is 26.0. The number of halogens is 1. The lowest BCUT2D eigenvalue weighted by molar-refractivity contribution is 0.267. The summed E-state index contributed by atoms with van der Waals surface area (Å²) in [5.41, 5.74) is 1.80. The zero-order valence-electron chi connectivity index (χ0n) is 11.7. The minimum absolute atomic E-state index is 0.397. The van der Waals surface area contributed by atoms with Gasteiger partial charge in [-0.15, -0.1) is 0 Å². The highest BCUT2D eigenvalue weighted by molar-refractivity contribution is 14.1. The van der Waals surface area contributed by atoms with Crippen molar-refractivity contribution in [3.05, 3.63) is 27.8 Å². The Morgan fingerprint density at radius 2 is 1.95 bits per heavy atom. The van der Waals surface area contributed by atoms with Crippen LogP contribution >= 0.6 is 22.6 Å². The van der Waals surface area contributed by atoms with Crippen LogP contribution in [0.4, 0.5) is 5.69 Å². The third-order valence-corrected chi connectivity index (χ3v) is 5.54. The molecule has 3 heteroatoms. The van der Waals surface area contributed by atoms with Crippen molar-refractivity contribution in [3.63, 3.8) is 0 Å². The van der Waals surface area contributed by atoms with E-state index in [0.29, 0.717) is 11.6 Å². The highest BCUT2D eigenvalue weighted by Gasteiger charge is 2.40. The molecule has 0 amide bonds. The van der Waals surface area contributed by atoms with Gasteiger partial charge in [0.05, 0.1) is 0 Å². The van der Waals surface area contributed by atoms with Gasteiger partial charge < -0.3 is 10.2 Å². The molecular formula is C16H23IN2. The van der Waals surface area contributed by atoms with Crippen LogP contribution < -0.4 is 10.2 Å². The van der Waals surface area contributed by atoms with E-state index in [1.165, 1.54) is 47.9 Å². The van der Waals surface area contributed by atoms with Gasteiger partial charge in [0, 0.05) is 33.9 Å². The van der Waals surface area contributed by atoms with E-state index in [-0.39, 0.29) is 0 Å². The summed E-state index contributed by atoms with van der Waals surface area (Å²) < 4.78 is 1.32.